The molecule has 8 rings (SSSR count). The number of alkyl halides is 6. The quantitative estimate of drug-likeness (QED) is 0.0228. The maximum absolute atomic E-state index is 14.2. The number of nitrogens with zero attached hydrogens (tertiary/aromatic N) is 2. The van der Waals surface area contributed by atoms with E-state index in [1.54, 1.807) is 38.1 Å². The highest BCUT2D eigenvalue weighted by Crippen LogP contribution is 2.32. The van der Waals surface area contributed by atoms with Crippen LogP contribution in [0.5, 0.6) is 23.0 Å². The molecule has 0 atom stereocenters. The van der Waals surface area contributed by atoms with Crippen molar-refractivity contribution in [2.45, 2.75) is 52.2 Å². The predicted molar refractivity (Wildman–Crippen MR) is 276 cm³/mol. The van der Waals surface area contributed by atoms with Crippen LogP contribution in [-0.2, 0) is 49.0 Å². The summed E-state index contributed by atoms with van der Waals surface area (Å²) in [7, 11) is -18.3. The largest absolute Gasteiger partial charge is 0.493 e. The van der Waals surface area contributed by atoms with Gasteiger partial charge in [-0.05, 0) is 157 Å². The van der Waals surface area contributed by atoms with Crippen LogP contribution in [0, 0.1) is 13.8 Å². The van der Waals surface area contributed by atoms with Crippen LogP contribution >= 0.6 is 0 Å². The van der Waals surface area contributed by atoms with E-state index >= 15 is 0 Å². The van der Waals surface area contributed by atoms with Crippen molar-refractivity contribution in [2.75, 3.05) is 13.2 Å². The number of benzene rings is 8. The summed E-state index contributed by atoms with van der Waals surface area (Å²) in [6.07, 6.45) is -10.2. The Hall–Kier alpha value is -8.20. The van der Waals surface area contributed by atoms with Crippen LogP contribution in [0.3, 0.4) is 0 Å². The summed E-state index contributed by atoms with van der Waals surface area (Å²) in [4.78, 5) is -1.29. The molecule has 0 aliphatic heterocycles. The smallest absolute Gasteiger partial charge is 0.437 e. The molecule has 0 N–H and O–H groups in total. The highest BCUT2D eigenvalue weighted by Gasteiger charge is 2.40. The zero-order chi connectivity index (χ0) is 57.0. The fourth-order valence-electron chi connectivity index (χ4n) is 7.23. The van der Waals surface area contributed by atoms with Gasteiger partial charge in [0.15, 0.2) is 11.4 Å². The molecular formula is C53H40F6N2O14S4. The van der Waals surface area contributed by atoms with E-state index < -0.39 is 85.2 Å². The Kier molecular flexibility index (Phi) is 16.3. The van der Waals surface area contributed by atoms with E-state index in [1.807, 2.05) is 0 Å². The van der Waals surface area contributed by atoms with Crippen molar-refractivity contribution in [3.05, 3.63) is 192 Å². The molecule has 0 spiro atoms. The van der Waals surface area contributed by atoms with Crippen molar-refractivity contribution in [3.63, 3.8) is 0 Å². The molecule has 0 aliphatic carbocycles. The molecule has 0 radical (unpaired) electrons. The lowest BCUT2D eigenvalue weighted by Gasteiger charge is -2.13. The van der Waals surface area contributed by atoms with E-state index in [0.717, 1.165) is 83.9 Å². The number of rotatable bonds is 20. The van der Waals surface area contributed by atoms with Crippen molar-refractivity contribution in [3.8, 4) is 23.0 Å². The summed E-state index contributed by atoms with van der Waals surface area (Å²) in [5.74, 6) is 0.0267. The number of ether oxygens (including phenoxy) is 2. The fraction of sp³-hybridized carbons (Fsp3) is 0.132. The van der Waals surface area contributed by atoms with Crippen molar-refractivity contribution in [1.82, 2.24) is 0 Å². The van der Waals surface area contributed by atoms with Gasteiger partial charge in [-0.25, -0.2) is 0 Å². The van der Waals surface area contributed by atoms with Crippen molar-refractivity contribution >= 4 is 73.4 Å². The van der Waals surface area contributed by atoms with E-state index in [1.165, 1.54) is 72.8 Å². The molecule has 0 aliphatic rings. The molecule has 0 bridgehead atoms. The van der Waals surface area contributed by atoms with Crippen LogP contribution in [0.4, 0.5) is 26.3 Å². The average Bonchev–Trinajstić information content (AvgIpc) is 3.41. The van der Waals surface area contributed by atoms with Gasteiger partial charge in [0.2, 0.25) is 0 Å². The lowest BCUT2D eigenvalue weighted by Crippen LogP contribution is -2.25. The topological polar surface area (TPSA) is 217 Å². The molecule has 0 heterocycles. The van der Waals surface area contributed by atoms with Gasteiger partial charge in [-0.1, -0.05) is 70.0 Å². The summed E-state index contributed by atoms with van der Waals surface area (Å²) in [6.45, 7) is 3.46. The Balaban J connectivity index is 0.829. The molecule has 0 fully saturated rings. The normalized spacial score (nSPS) is 13.0. The molecule has 26 heteroatoms. The van der Waals surface area contributed by atoms with Gasteiger partial charge < -0.3 is 17.8 Å². The van der Waals surface area contributed by atoms with E-state index in [2.05, 4.69) is 18.9 Å². The van der Waals surface area contributed by atoms with Crippen LogP contribution in [0.15, 0.2) is 200 Å². The molecule has 0 unspecified atom stereocenters. The Labute approximate surface area is 448 Å². The lowest BCUT2D eigenvalue weighted by molar-refractivity contribution is -0.0606. The molecule has 412 valence electrons. The maximum Gasteiger partial charge on any atom is 0.437 e. The van der Waals surface area contributed by atoms with Gasteiger partial charge in [-0.3, -0.25) is 8.57 Å². The maximum atomic E-state index is 14.2. The zero-order valence-corrected chi connectivity index (χ0v) is 44.1. The summed E-state index contributed by atoms with van der Waals surface area (Å²) in [5, 5.41) is 7.09. The monoisotopic (exact) mass is 1170 g/mol. The molecule has 0 aromatic heterocycles. The summed E-state index contributed by atoms with van der Waals surface area (Å²) in [6, 6.07) is 35.0. The Bertz CT molecular complexity index is 3820. The fourth-order valence-corrected chi connectivity index (χ4v) is 10.6. The minimum atomic E-state index is -5.19. The molecule has 0 saturated heterocycles. The van der Waals surface area contributed by atoms with Gasteiger partial charge >= 0.3 is 52.8 Å². The summed E-state index contributed by atoms with van der Waals surface area (Å²) in [5.41, 5.74) is -2.88. The van der Waals surface area contributed by atoms with Gasteiger partial charge in [-0.15, -0.1) is 0 Å². The Morgan fingerprint density at radius 3 is 1.03 bits per heavy atom. The van der Waals surface area contributed by atoms with Crippen LogP contribution in [0.25, 0.3) is 21.5 Å². The van der Waals surface area contributed by atoms with Crippen LogP contribution < -0.4 is 17.8 Å². The second kappa shape index (κ2) is 22.6. The van der Waals surface area contributed by atoms with E-state index in [0.29, 0.717) is 10.8 Å². The summed E-state index contributed by atoms with van der Waals surface area (Å²) >= 11 is 0. The third kappa shape index (κ3) is 14.3. The minimum absolute atomic E-state index is 0.0478. The van der Waals surface area contributed by atoms with Crippen molar-refractivity contribution < 1.29 is 86.4 Å². The van der Waals surface area contributed by atoms with Gasteiger partial charge in [0.1, 0.15) is 42.6 Å². The first kappa shape index (κ1) is 57.0. The number of hydrogen-bond donors (Lipinski definition) is 0. The van der Waals surface area contributed by atoms with Gasteiger partial charge in [0.05, 0.1) is 13.2 Å². The number of halogens is 6. The average molecular weight is 1170 g/mol. The zero-order valence-electron chi connectivity index (χ0n) is 40.8. The molecule has 8 aromatic rings. The minimum Gasteiger partial charge on any atom is -0.493 e. The first-order valence-corrected chi connectivity index (χ1v) is 28.5. The van der Waals surface area contributed by atoms with Crippen molar-refractivity contribution in [1.29, 1.82) is 0 Å². The third-order valence-corrected chi connectivity index (χ3v) is 16.0. The Morgan fingerprint density at radius 1 is 0.380 bits per heavy atom. The number of hydrogen-bond acceptors (Lipinski definition) is 16. The van der Waals surface area contributed by atoms with E-state index in [4.69, 9.17) is 17.8 Å². The molecule has 0 saturated carbocycles. The number of aryl methyl sites for hydroxylation is 2. The van der Waals surface area contributed by atoms with Crippen LogP contribution in [0.1, 0.15) is 28.7 Å². The number of oxime groups is 2. The van der Waals surface area contributed by atoms with Gasteiger partial charge in [0.25, 0.3) is 0 Å². The standard InChI is InChI=1S/C53H40F6N2O14S4/c1-34-4-22-46(23-5-34)76(62,63)72-44-20-12-40-32-48(26-14-38(40)30-44)78(66,67)74-60-50(52(54,55)56)36-8-16-42(17-9-36)70-28-3-29-71-43-18-10-37(11-19-43)51(53(57,58)59)61-75-79(68,69)49-27-15-39-31-45(21-13-41(39)33-49)73-77(64,65)47-24-6-35(2)7-25-47/h4-27,30-33H,3,28-29H2,1-2H3. The van der Waals surface area contributed by atoms with Crippen molar-refractivity contribution in [2.24, 2.45) is 10.3 Å². The lowest BCUT2D eigenvalue weighted by atomic mass is 10.1. The SMILES string of the molecule is Cc1ccc(S(=O)(=O)Oc2ccc3cc(S(=O)(=O)ON=C(c4ccc(OCCCOc5ccc(C(=NOS(=O)(=O)c6ccc7cc(OS(=O)(=O)c8ccc(C)cc8)ccc7c6)C(F)(F)F)cc5)cc4)C(F)(F)F)ccc3c2)cc1. The summed E-state index contributed by atoms with van der Waals surface area (Å²) < 4.78 is 219. The van der Waals surface area contributed by atoms with E-state index in [-0.39, 0.29) is 63.2 Å². The second-order valence-electron chi connectivity index (χ2n) is 17.1. The van der Waals surface area contributed by atoms with Crippen LogP contribution in [0.2, 0.25) is 0 Å². The predicted octanol–water partition coefficient (Wildman–Crippen LogP) is 11.3. The molecular weight excluding hydrogens is 1130 g/mol. The highest BCUT2D eigenvalue weighted by molar-refractivity contribution is 7.87. The van der Waals surface area contributed by atoms with Gasteiger partial charge in [0, 0.05) is 17.5 Å². The van der Waals surface area contributed by atoms with E-state index in [9.17, 15) is 60.0 Å². The third-order valence-electron chi connectivity index (χ3n) is 11.2. The molecule has 16 nitrogen and oxygen atoms in total. The Morgan fingerprint density at radius 2 is 0.684 bits per heavy atom. The molecule has 8 aromatic carbocycles. The van der Waals surface area contributed by atoms with Gasteiger partial charge in [-0.2, -0.15) is 60.0 Å². The highest BCUT2D eigenvalue weighted by atomic mass is 32.2. The first-order valence-electron chi connectivity index (χ1n) is 22.9. The first-order chi connectivity index (χ1) is 37.1. The number of fused-ring (bicyclic) bond motifs is 2. The van der Waals surface area contributed by atoms with Crippen LogP contribution in [-0.4, -0.2) is 70.7 Å². The molecule has 0 amide bonds. The second-order valence-corrected chi connectivity index (χ2v) is 23.2. The molecule has 79 heavy (non-hydrogen) atoms.